The van der Waals surface area contributed by atoms with E-state index < -0.39 is 0 Å². The van der Waals surface area contributed by atoms with Gasteiger partial charge in [-0.25, -0.2) is 0 Å². The van der Waals surface area contributed by atoms with Crippen molar-refractivity contribution >= 4 is 28.9 Å². The summed E-state index contributed by atoms with van der Waals surface area (Å²) in [5.41, 5.74) is 3.27. The number of nitrogens with one attached hydrogen (secondary N) is 2. The van der Waals surface area contributed by atoms with Crippen molar-refractivity contribution in [1.82, 2.24) is 0 Å². The summed E-state index contributed by atoms with van der Waals surface area (Å²) < 4.78 is 0. The van der Waals surface area contributed by atoms with E-state index in [-0.39, 0.29) is 12.5 Å². The van der Waals surface area contributed by atoms with Crippen molar-refractivity contribution in [3.8, 4) is 0 Å². The molecule has 110 valence electrons. The Labute approximate surface area is 128 Å². The Morgan fingerprint density at radius 2 is 1.95 bits per heavy atom. The smallest absolute Gasteiger partial charge is 0.221 e. The van der Waals surface area contributed by atoms with Crippen LogP contribution in [0.5, 0.6) is 0 Å². The standard InChI is InChI=1S/C16H17ClN2O2/c1-11(21)19-15-5-3-2-4-13(15)9-18-16-8-12(10-20)6-7-14(16)17/h2-8,18,20H,9-10H2,1H3,(H,19,21). The number of benzene rings is 2. The highest BCUT2D eigenvalue weighted by atomic mass is 35.5. The number of hydrogen-bond donors (Lipinski definition) is 3. The first kappa shape index (κ1) is 15.4. The highest BCUT2D eigenvalue weighted by molar-refractivity contribution is 6.33. The van der Waals surface area contributed by atoms with Gasteiger partial charge in [0.2, 0.25) is 5.91 Å². The first-order valence-electron chi connectivity index (χ1n) is 6.59. The Bertz CT molecular complexity index is 644. The molecule has 2 rings (SSSR count). The Morgan fingerprint density at radius 3 is 2.67 bits per heavy atom. The second kappa shape index (κ2) is 7.11. The SMILES string of the molecule is CC(=O)Nc1ccccc1CNc1cc(CO)ccc1Cl. The van der Waals surface area contributed by atoms with Gasteiger partial charge in [-0.05, 0) is 29.3 Å². The van der Waals surface area contributed by atoms with Gasteiger partial charge < -0.3 is 15.7 Å². The molecule has 0 spiro atoms. The summed E-state index contributed by atoms with van der Waals surface area (Å²) in [5.74, 6) is -0.109. The minimum absolute atomic E-state index is 0.0334. The van der Waals surface area contributed by atoms with Gasteiger partial charge in [-0.2, -0.15) is 0 Å². The summed E-state index contributed by atoms with van der Waals surface area (Å²) in [5, 5.41) is 15.8. The van der Waals surface area contributed by atoms with Crippen molar-refractivity contribution in [2.45, 2.75) is 20.1 Å². The fourth-order valence-corrected chi connectivity index (χ4v) is 2.17. The molecule has 0 aliphatic rings. The molecule has 4 nitrogen and oxygen atoms in total. The van der Waals surface area contributed by atoms with E-state index in [4.69, 9.17) is 16.7 Å². The average molecular weight is 305 g/mol. The van der Waals surface area contributed by atoms with E-state index >= 15 is 0 Å². The molecule has 5 heteroatoms. The van der Waals surface area contributed by atoms with Crippen LogP contribution >= 0.6 is 11.6 Å². The number of rotatable bonds is 5. The van der Waals surface area contributed by atoms with E-state index in [2.05, 4.69) is 10.6 Å². The quantitative estimate of drug-likeness (QED) is 0.793. The molecule has 0 unspecified atom stereocenters. The number of carbonyl (C=O) groups excluding carboxylic acids is 1. The molecular formula is C16H17ClN2O2. The third kappa shape index (κ3) is 4.21. The number of carbonyl (C=O) groups is 1. The topological polar surface area (TPSA) is 61.4 Å². The lowest BCUT2D eigenvalue weighted by molar-refractivity contribution is -0.114. The van der Waals surface area contributed by atoms with Gasteiger partial charge in [0.1, 0.15) is 0 Å². The molecule has 0 fully saturated rings. The van der Waals surface area contributed by atoms with Crippen molar-refractivity contribution in [3.05, 3.63) is 58.6 Å². The van der Waals surface area contributed by atoms with Crippen LogP contribution in [0.3, 0.4) is 0 Å². The number of aliphatic hydroxyl groups excluding tert-OH is 1. The maximum atomic E-state index is 11.2. The second-order valence-corrected chi connectivity index (χ2v) is 5.07. The van der Waals surface area contributed by atoms with E-state index in [9.17, 15) is 4.79 Å². The van der Waals surface area contributed by atoms with Crippen molar-refractivity contribution in [1.29, 1.82) is 0 Å². The Hall–Kier alpha value is -2.04. The summed E-state index contributed by atoms with van der Waals surface area (Å²) in [6, 6.07) is 12.9. The summed E-state index contributed by atoms with van der Waals surface area (Å²) in [6.07, 6.45) is 0. The molecule has 2 aromatic rings. The fourth-order valence-electron chi connectivity index (χ4n) is 1.98. The van der Waals surface area contributed by atoms with Gasteiger partial charge in [0.25, 0.3) is 0 Å². The maximum absolute atomic E-state index is 11.2. The Balaban J connectivity index is 2.15. The van der Waals surface area contributed by atoms with E-state index in [0.29, 0.717) is 11.6 Å². The fraction of sp³-hybridized carbons (Fsp3) is 0.188. The third-order valence-electron chi connectivity index (χ3n) is 3.01. The van der Waals surface area contributed by atoms with Gasteiger partial charge in [-0.3, -0.25) is 4.79 Å². The number of halogens is 1. The highest BCUT2D eigenvalue weighted by Gasteiger charge is 2.05. The van der Waals surface area contributed by atoms with Crippen LogP contribution in [-0.2, 0) is 17.9 Å². The Morgan fingerprint density at radius 1 is 1.19 bits per heavy atom. The van der Waals surface area contributed by atoms with Crippen LogP contribution in [0.25, 0.3) is 0 Å². The molecule has 1 amide bonds. The van der Waals surface area contributed by atoms with E-state index in [1.54, 1.807) is 12.1 Å². The highest BCUT2D eigenvalue weighted by Crippen LogP contribution is 2.25. The van der Waals surface area contributed by atoms with Gasteiger partial charge in [-0.1, -0.05) is 35.9 Å². The van der Waals surface area contributed by atoms with Gasteiger partial charge in [0.15, 0.2) is 0 Å². The molecule has 0 atom stereocenters. The van der Waals surface area contributed by atoms with Gasteiger partial charge in [0.05, 0.1) is 17.3 Å². The second-order valence-electron chi connectivity index (χ2n) is 4.66. The molecule has 2 aromatic carbocycles. The van der Waals surface area contributed by atoms with Crippen LogP contribution in [0.15, 0.2) is 42.5 Å². The van der Waals surface area contributed by atoms with Crippen LogP contribution in [-0.4, -0.2) is 11.0 Å². The first-order chi connectivity index (χ1) is 10.1. The van der Waals surface area contributed by atoms with Crippen LogP contribution < -0.4 is 10.6 Å². The monoisotopic (exact) mass is 304 g/mol. The maximum Gasteiger partial charge on any atom is 0.221 e. The molecule has 0 aromatic heterocycles. The predicted molar refractivity (Wildman–Crippen MR) is 85.4 cm³/mol. The number of anilines is 2. The van der Waals surface area contributed by atoms with Crippen LogP contribution in [0.1, 0.15) is 18.1 Å². The summed E-state index contributed by atoms with van der Waals surface area (Å²) in [4.78, 5) is 11.2. The predicted octanol–water partition coefficient (Wildman–Crippen LogP) is 3.40. The van der Waals surface area contributed by atoms with Crippen molar-refractivity contribution < 1.29 is 9.90 Å². The van der Waals surface area contributed by atoms with Crippen molar-refractivity contribution in [2.24, 2.45) is 0 Å². The molecule has 0 aliphatic heterocycles. The first-order valence-corrected chi connectivity index (χ1v) is 6.96. The van der Waals surface area contributed by atoms with Gasteiger partial charge >= 0.3 is 0 Å². The zero-order valence-corrected chi connectivity index (χ0v) is 12.4. The van der Waals surface area contributed by atoms with Crippen molar-refractivity contribution in [2.75, 3.05) is 10.6 Å². The van der Waals surface area contributed by atoms with Crippen LogP contribution in [0, 0.1) is 0 Å². The average Bonchev–Trinajstić information content (AvgIpc) is 2.47. The number of amides is 1. The van der Waals surface area contributed by atoms with E-state index in [1.807, 2.05) is 30.3 Å². The number of hydrogen-bond acceptors (Lipinski definition) is 3. The van der Waals surface area contributed by atoms with Crippen molar-refractivity contribution in [3.63, 3.8) is 0 Å². The number of aliphatic hydroxyl groups is 1. The number of para-hydroxylation sites is 1. The summed E-state index contributed by atoms with van der Waals surface area (Å²) in [6.45, 7) is 1.96. The molecule has 0 saturated carbocycles. The lowest BCUT2D eigenvalue weighted by atomic mass is 10.1. The Kier molecular flexibility index (Phi) is 5.20. The molecule has 21 heavy (non-hydrogen) atoms. The summed E-state index contributed by atoms with van der Waals surface area (Å²) in [7, 11) is 0. The largest absolute Gasteiger partial charge is 0.392 e. The molecule has 3 N–H and O–H groups in total. The molecular weight excluding hydrogens is 288 g/mol. The van der Waals surface area contributed by atoms with Crippen LogP contribution in [0.2, 0.25) is 5.02 Å². The molecule has 0 aliphatic carbocycles. The molecule has 0 radical (unpaired) electrons. The molecule has 0 saturated heterocycles. The summed E-state index contributed by atoms with van der Waals surface area (Å²) >= 11 is 6.13. The molecule has 0 bridgehead atoms. The minimum Gasteiger partial charge on any atom is -0.392 e. The molecule has 0 heterocycles. The zero-order chi connectivity index (χ0) is 15.2. The third-order valence-corrected chi connectivity index (χ3v) is 3.34. The van der Waals surface area contributed by atoms with Gasteiger partial charge in [0, 0.05) is 19.2 Å². The van der Waals surface area contributed by atoms with Crippen LogP contribution in [0.4, 0.5) is 11.4 Å². The van der Waals surface area contributed by atoms with E-state index in [0.717, 1.165) is 22.5 Å². The van der Waals surface area contributed by atoms with E-state index in [1.165, 1.54) is 6.92 Å². The lowest BCUT2D eigenvalue weighted by Crippen LogP contribution is -2.10. The lowest BCUT2D eigenvalue weighted by Gasteiger charge is -2.13. The van der Waals surface area contributed by atoms with Gasteiger partial charge in [-0.15, -0.1) is 0 Å². The minimum atomic E-state index is -0.109. The normalized spacial score (nSPS) is 10.2. The zero-order valence-electron chi connectivity index (χ0n) is 11.7.